The zero-order valence-corrected chi connectivity index (χ0v) is 11.9. The number of carbonyl (C=O) groups excluding carboxylic acids is 1. The molecule has 0 fully saturated rings. The van der Waals surface area contributed by atoms with Crippen LogP contribution in [0.3, 0.4) is 0 Å². The van der Waals surface area contributed by atoms with Crippen molar-refractivity contribution in [1.82, 2.24) is 0 Å². The number of hydrogen-bond acceptors (Lipinski definition) is 2. The van der Waals surface area contributed by atoms with E-state index in [1.807, 2.05) is 42.5 Å². The summed E-state index contributed by atoms with van der Waals surface area (Å²) in [6.07, 6.45) is 0.431. The Morgan fingerprint density at radius 1 is 1.20 bits per heavy atom. The number of ether oxygens (including phenoxy) is 1. The first-order chi connectivity index (χ1) is 9.67. The SMILES string of the molecule is COc1ccc2c(c1)CC(=O)N2Cc1ccc(Cl)cc1. The number of halogens is 1. The Kier molecular flexibility index (Phi) is 3.36. The molecule has 0 N–H and O–H groups in total. The summed E-state index contributed by atoms with van der Waals surface area (Å²) >= 11 is 5.88. The molecule has 3 nitrogen and oxygen atoms in total. The monoisotopic (exact) mass is 287 g/mol. The van der Waals surface area contributed by atoms with Gasteiger partial charge in [0.25, 0.3) is 0 Å². The predicted molar refractivity (Wildman–Crippen MR) is 79.3 cm³/mol. The average molecular weight is 288 g/mol. The van der Waals surface area contributed by atoms with E-state index in [0.29, 0.717) is 18.0 Å². The zero-order valence-electron chi connectivity index (χ0n) is 11.1. The Bertz CT molecular complexity index is 652. The topological polar surface area (TPSA) is 29.5 Å². The second-order valence-electron chi connectivity index (χ2n) is 4.78. The largest absolute Gasteiger partial charge is 0.497 e. The lowest BCUT2D eigenvalue weighted by Crippen LogP contribution is -2.25. The number of fused-ring (bicyclic) bond motifs is 1. The van der Waals surface area contributed by atoms with E-state index in [1.165, 1.54) is 0 Å². The summed E-state index contributed by atoms with van der Waals surface area (Å²) in [6.45, 7) is 0.565. The molecule has 1 amide bonds. The van der Waals surface area contributed by atoms with Crippen LogP contribution in [0, 0.1) is 0 Å². The Morgan fingerprint density at radius 2 is 1.95 bits per heavy atom. The molecule has 0 bridgehead atoms. The van der Waals surface area contributed by atoms with Gasteiger partial charge in [0, 0.05) is 10.7 Å². The summed E-state index contributed by atoms with van der Waals surface area (Å²) in [5.74, 6) is 0.896. The average Bonchev–Trinajstić information content (AvgIpc) is 2.76. The van der Waals surface area contributed by atoms with E-state index in [-0.39, 0.29) is 5.91 Å². The Labute approximate surface area is 122 Å². The Morgan fingerprint density at radius 3 is 2.65 bits per heavy atom. The van der Waals surface area contributed by atoms with Gasteiger partial charge in [0.05, 0.1) is 20.1 Å². The third-order valence-electron chi connectivity index (χ3n) is 3.47. The van der Waals surface area contributed by atoms with Crippen molar-refractivity contribution in [3.63, 3.8) is 0 Å². The van der Waals surface area contributed by atoms with Gasteiger partial charge in [0.1, 0.15) is 5.75 Å². The van der Waals surface area contributed by atoms with E-state index in [2.05, 4.69) is 0 Å². The lowest BCUT2D eigenvalue weighted by Gasteiger charge is -2.17. The molecule has 2 aromatic carbocycles. The van der Waals surface area contributed by atoms with E-state index in [9.17, 15) is 4.79 Å². The molecule has 4 heteroatoms. The molecule has 2 aromatic rings. The maximum absolute atomic E-state index is 12.2. The highest BCUT2D eigenvalue weighted by atomic mass is 35.5. The van der Waals surface area contributed by atoms with Gasteiger partial charge < -0.3 is 9.64 Å². The number of benzene rings is 2. The molecule has 0 aliphatic carbocycles. The number of rotatable bonds is 3. The van der Waals surface area contributed by atoms with Gasteiger partial charge in [-0.05, 0) is 41.5 Å². The maximum atomic E-state index is 12.2. The molecule has 1 aliphatic heterocycles. The van der Waals surface area contributed by atoms with E-state index < -0.39 is 0 Å². The van der Waals surface area contributed by atoms with Crippen molar-refractivity contribution in [3.8, 4) is 5.75 Å². The van der Waals surface area contributed by atoms with Crippen LogP contribution in [0.2, 0.25) is 5.02 Å². The van der Waals surface area contributed by atoms with E-state index in [4.69, 9.17) is 16.3 Å². The number of methoxy groups -OCH3 is 1. The van der Waals surface area contributed by atoms with Gasteiger partial charge >= 0.3 is 0 Å². The minimum atomic E-state index is 0.114. The lowest BCUT2D eigenvalue weighted by atomic mass is 10.1. The summed E-state index contributed by atoms with van der Waals surface area (Å²) in [7, 11) is 1.63. The van der Waals surface area contributed by atoms with Gasteiger partial charge in [-0.2, -0.15) is 0 Å². The second kappa shape index (κ2) is 5.17. The van der Waals surface area contributed by atoms with Gasteiger partial charge in [-0.15, -0.1) is 0 Å². The first kappa shape index (κ1) is 13.0. The fraction of sp³-hybridized carbons (Fsp3) is 0.188. The molecule has 1 heterocycles. The molecule has 102 valence electrons. The smallest absolute Gasteiger partial charge is 0.231 e. The van der Waals surface area contributed by atoms with Crippen LogP contribution < -0.4 is 9.64 Å². The fourth-order valence-corrected chi connectivity index (χ4v) is 2.56. The Hall–Kier alpha value is -2.00. The summed E-state index contributed by atoms with van der Waals surface area (Å²) in [5, 5.41) is 0.701. The van der Waals surface area contributed by atoms with Crippen molar-refractivity contribution >= 4 is 23.2 Å². The van der Waals surface area contributed by atoms with Crippen LogP contribution >= 0.6 is 11.6 Å². The molecule has 0 unspecified atom stereocenters. The van der Waals surface area contributed by atoms with Crippen LogP contribution in [0.4, 0.5) is 5.69 Å². The van der Waals surface area contributed by atoms with Crippen molar-refractivity contribution < 1.29 is 9.53 Å². The molecule has 3 rings (SSSR count). The number of hydrogen-bond donors (Lipinski definition) is 0. The van der Waals surface area contributed by atoms with E-state index in [1.54, 1.807) is 12.0 Å². The molecule has 0 aromatic heterocycles. The number of carbonyl (C=O) groups is 1. The molecule has 20 heavy (non-hydrogen) atoms. The molecule has 0 saturated carbocycles. The van der Waals surface area contributed by atoms with Gasteiger partial charge in [0.2, 0.25) is 5.91 Å². The second-order valence-corrected chi connectivity index (χ2v) is 5.21. The third-order valence-corrected chi connectivity index (χ3v) is 3.73. The van der Waals surface area contributed by atoms with E-state index in [0.717, 1.165) is 22.6 Å². The first-order valence-electron chi connectivity index (χ1n) is 6.39. The van der Waals surface area contributed by atoms with Crippen molar-refractivity contribution in [2.45, 2.75) is 13.0 Å². The van der Waals surface area contributed by atoms with Crippen molar-refractivity contribution in [2.75, 3.05) is 12.0 Å². The van der Waals surface area contributed by atoms with Crippen LogP contribution in [0.5, 0.6) is 5.75 Å². The summed E-state index contributed by atoms with van der Waals surface area (Å²) < 4.78 is 5.20. The standard InChI is InChI=1S/C16H14ClNO2/c1-20-14-6-7-15-12(8-14)9-16(19)18(15)10-11-2-4-13(17)5-3-11/h2-8H,9-10H2,1H3. The van der Waals surface area contributed by atoms with Gasteiger partial charge in [-0.1, -0.05) is 23.7 Å². The molecule has 0 radical (unpaired) electrons. The number of anilines is 1. The first-order valence-corrected chi connectivity index (χ1v) is 6.77. The molecule has 0 atom stereocenters. The Balaban J connectivity index is 1.88. The van der Waals surface area contributed by atoms with Crippen LogP contribution in [0.1, 0.15) is 11.1 Å². The minimum absolute atomic E-state index is 0.114. The highest BCUT2D eigenvalue weighted by Crippen LogP contribution is 2.33. The summed E-state index contributed by atoms with van der Waals surface area (Å²) in [4.78, 5) is 14.0. The fourth-order valence-electron chi connectivity index (χ4n) is 2.43. The van der Waals surface area contributed by atoms with Crippen molar-refractivity contribution in [1.29, 1.82) is 0 Å². The van der Waals surface area contributed by atoms with Crippen molar-refractivity contribution in [3.05, 3.63) is 58.6 Å². The van der Waals surface area contributed by atoms with Crippen molar-refractivity contribution in [2.24, 2.45) is 0 Å². The van der Waals surface area contributed by atoms with Gasteiger partial charge in [-0.25, -0.2) is 0 Å². The highest BCUT2D eigenvalue weighted by molar-refractivity contribution is 6.30. The maximum Gasteiger partial charge on any atom is 0.231 e. The predicted octanol–water partition coefficient (Wildman–Crippen LogP) is 3.44. The molecular weight excluding hydrogens is 274 g/mol. The minimum Gasteiger partial charge on any atom is -0.497 e. The summed E-state index contributed by atoms with van der Waals surface area (Å²) in [5.41, 5.74) is 3.04. The molecular formula is C16H14ClNO2. The van der Waals surface area contributed by atoms with Crippen LogP contribution in [0.15, 0.2) is 42.5 Å². The van der Waals surface area contributed by atoms with E-state index >= 15 is 0 Å². The molecule has 0 saturated heterocycles. The zero-order chi connectivity index (χ0) is 14.1. The van der Waals surface area contributed by atoms with Gasteiger partial charge in [0.15, 0.2) is 0 Å². The van der Waals surface area contributed by atoms with Crippen LogP contribution in [-0.2, 0) is 17.8 Å². The lowest BCUT2D eigenvalue weighted by molar-refractivity contribution is -0.117. The van der Waals surface area contributed by atoms with Crippen LogP contribution in [-0.4, -0.2) is 13.0 Å². The highest BCUT2D eigenvalue weighted by Gasteiger charge is 2.27. The molecule has 1 aliphatic rings. The number of amides is 1. The quantitative estimate of drug-likeness (QED) is 0.865. The summed E-state index contributed by atoms with van der Waals surface area (Å²) in [6, 6.07) is 13.3. The third kappa shape index (κ3) is 2.37. The molecule has 0 spiro atoms. The number of nitrogens with zero attached hydrogens (tertiary/aromatic N) is 1. The van der Waals surface area contributed by atoms with Gasteiger partial charge in [-0.3, -0.25) is 4.79 Å². The van der Waals surface area contributed by atoms with Crippen LogP contribution in [0.25, 0.3) is 0 Å². The normalized spacial score (nSPS) is 13.5.